The Bertz CT molecular complexity index is 549. The molecule has 3 rings (SSSR count). The van der Waals surface area contributed by atoms with Crippen LogP contribution in [0.25, 0.3) is 0 Å². The van der Waals surface area contributed by atoms with Gasteiger partial charge in [-0.2, -0.15) is 0 Å². The highest BCUT2D eigenvalue weighted by Gasteiger charge is 2.21. The minimum Gasteiger partial charge on any atom is -0.381 e. The van der Waals surface area contributed by atoms with E-state index >= 15 is 0 Å². The maximum absolute atomic E-state index is 5.43. The zero-order valence-electron chi connectivity index (χ0n) is 14.9. The van der Waals surface area contributed by atoms with Crippen molar-refractivity contribution in [1.82, 2.24) is 25.4 Å². The Kier molecular flexibility index (Phi) is 6.07. The molecule has 0 saturated carbocycles. The van der Waals surface area contributed by atoms with Crippen LogP contribution in [0.3, 0.4) is 0 Å². The maximum Gasteiger partial charge on any atom is 0.191 e. The molecule has 0 bridgehead atoms. The Morgan fingerprint density at radius 2 is 2.04 bits per heavy atom. The van der Waals surface area contributed by atoms with E-state index < -0.39 is 0 Å². The van der Waals surface area contributed by atoms with E-state index in [-0.39, 0.29) is 0 Å². The van der Waals surface area contributed by atoms with Gasteiger partial charge in [0.15, 0.2) is 5.96 Å². The first kappa shape index (κ1) is 17.2. The van der Waals surface area contributed by atoms with Gasteiger partial charge >= 0.3 is 0 Å². The number of rotatable bonds is 5. The second-order valence-corrected chi connectivity index (χ2v) is 6.84. The first-order chi connectivity index (χ1) is 11.8. The summed E-state index contributed by atoms with van der Waals surface area (Å²) in [6, 6.07) is 0. The number of aromatic nitrogens is 3. The molecule has 2 aliphatic heterocycles. The third kappa shape index (κ3) is 4.47. The van der Waals surface area contributed by atoms with Crippen LogP contribution in [0.15, 0.2) is 4.99 Å². The molecule has 1 aromatic rings. The number of ether oxygens (including phenoxy) is 1. The minimum absolute atomic E-state index is 0.561. The summed E-state index contributed by atoms with van der Waals surface area (Å²) in [6.07, 6.45) is 4.43. The van der Waals surface area contributed by atoms with Crippen molar-refractivity contribution in [2.24, 2.45) is 16.8 Å². The average molecular weight is 334 g/mol. The number of nitrogens with one attached hydrogen (secondary N) is 2. The lowest BCUT2D eigenvalue weighted by Gasteiger charge is -2.24. The molecule has 1 fully saturated rings. The van der Waals surface area contributed by atoms with Gasteiger partial charge in [-0.05, 0) is 44.9 Å². The summed E-state index contributed by atoms with van der Waals surface area (Å²) in [4.78, 5) is 4.82. The van der Waals surface area contributed by atoms with E-state index in [9.17, 15) is 0 Å². The van der Waals surface area contributed by atoms with E-state index in [2.05, 4.69) is 32.3 Å². The number of hydrogen-bond acceptors (Lipinski definition) is 4. The van der Waals surface area contributed by atoms with Gasteiger partial charge in [-0.25, -0.2) is 0 Å². The van der Waals surface area contributed by atoms with E-state index in [1.165, 1.54) is 0 Å². The standard InChI is InChI=1S/C17H30N6O/c1-3-18-17(19-10-14-6-8-24-9-7-14)20-11-15-4-5-16-22-21-13(2)23(16)12-15/h14-15H,3-12H2,1-2H3,(H2,18,19,20). The Labute approximate surface area is 144 Å². The fourth-order valence-electron chi connectivity index (χ4n) is 3.43. The lowest BCUT2D eigenvalue weighted by Crippen LogP contribution is -2.41. The maximum atomic E-state index is 5.43. The third-order valence-corrected chi connectivity index (χ3v) is 4.98. The fraction of sp³-hybridized carbons (Fsp3) is 0.824. The molecule has 134 valence electrons. The van der Waals surface area contributed by atoms with Crippen LogP contribution in [0.4, 0.5) is 0 Å². The van der Waals surface area contributed by atoms with Crippen molar-refractivity contribution in [2.75, 3.05) is 32.8 Å². The summed E-state index contributed by atoms with van der Waals surface area (Å²) in [5.74, 6) is 4.33. The largest absolute Gasteiger partial charge is 0.381 e. The molecule has 3 heterocycles. The molecule has 1 aromatic heterocycles. The first-order valence-corrected chi connectivity index (χ1v) is 9.25. The Hall–Kier alpha value is -1.63. The quantitative estimate of drug-likeness (QED) is 0.624. The highest BCUT2D eigenvalue weighted by molar-refractivity contribution is 5.79. The van der Waals surface area contributed by atoms with Crippen molar-refractivity contribution < 1.29 is 4.74 Å². The van der Waals surface area contributed by atoms with E-state index in [0.29, 0.717) is 11.8 Å². The van der Waals surface area contributed by atoms with Gasteiger partial charge in [0.2, 0.25) is 0 Å². The van der Waals surface area contributed by atoms with Gasteiger partial charge in [0.1, 0.15) is 11.6 Å². The first-order valence-electron chi connectivity index (χ1n) is 9.25. The summed E-state index contributed by atoms with van der Waals surface area (Å²) in [6.45, 7) is 9.62. The van der Waals surface area contributed by atoms with Gasteiger partial charge in [0.05, 0.1) is 0 Å². The monoisotopic (exact) mass is 334 g/mol. The lowest BCUT2D eigenvalue weighted by atomic mass is 9.99. The zero-order chi connectivity index (χ0) is 16.8. The molecule has 7 nitrogen and oxygen atoms in total. The predicted octanol–water partition coefficient (Wildman–Crippen LogP) is 1.13. The summed E-state index contributed by atoms with van der Waals surface area (Å²) in [5, 5.41) is 15.3. The summed E-state index contributed by atoms with van der Waals surface area (Å²) >= 11 is 0. The number of guanidine groups is 1. The molecule has 24 heavy (non-hydrogen) atoms. The summed E-state index contributed by atoms with van der Waals surface area (Å²) in [7, 11) is 0. The Morgan fingerprint density at radius 1 is 1.21 bits per heavy atom. The van der Waals surface area contributed by atoms with Crippen LogP contribution in [-0.2, 0) is 17.7 Å². The van der Waals surface area contributed by atoms with Gasteiger partial charge in [-0.1, -0.05) is 0 Å². The van der Waals surface area contributed by atoms with Gasteiger partial charge in [0.25, 0.3) is 0 Å². The molecule has 0 aliphatic carbocycles. The van der Waals surface area contributed by atoms with Crippen molar-refractivity contribution in [2.45, 2.75) is 46.1 Å². The van der Waals surface area contributed by atoms with Crippen LogP contribution in [0, 0.1) is 18.8 Å². The molecular weight excluding hydrogens is 304 g/mol. The van der Waals surface area contributed by atoms with E-state index in [1.54, 1.807) is 0 Å². The van der Waals surface area contributed by atoms with E-state index in [1.807, 2.05) is 6.92 Å². The van der Waals surface area contributed by atoms with Crippen molar-refractivity contribution in [3.63, 3.8) is 0 Å². The van der Waals surface area contributed by atoms with Gasteiger partial charge in [-0.15, -0.1) is 10.2 Å². The lowest BCUT2D eigenvalue weighted by molar-refractivity contribution is 0.0675. The van der Waals surface area contributed by atoms with Crippen LogP contribution in [0.1, 0.15) is 37.8 Å². The molecule has 1 unspecified atom stereocenters. The molecule has 0 amide bonds. The van der Waals surface area contributed by atoms with Gasteiger partial charge in [0, 0.05) is 45.8 Å². The Morgan fingerprint density at radius 3 is 2.83 bits per heavy atom. The van der Waals surface area contributed by atoms with Crippen LogP contribution in [-0.4, -0.2) is 53.6 Å². The van der Waals surface area contributed by atoms with Crippen LogP contribution in [0.2, 0.25) is 0 Å². The highest BCUT2D eigenvalue weighted by atomic mass is 16.5. The molecule has 0 spiro atoms. The number of nitrogens with zero attached hydrogens (tertiary/aromatic N) is 4. The normalized spacial score (nSPS) is 22.2. The zero-order valence-corrected chi connectivity index (χ0v) is 14.9. The van der Waals surface area contributed by atoms with Crippen LogP contribution >= 0.6 is 0 Å². The van der Waals surface area contributed by atoms with Gasteiger partial charge in [-0.3, -0.25) is 4.99 Å². The molecule has 0 radical (unpaired) electrons. The molecule has 1 saturated heterocycles. The number of aliphatic imine (C=N–C) groups is 1. The highest BCUT2D eigenvalue weighted by Crippen LogP contribution is 2.20. The minimum atomic E-state index is 0.561. The molecule has 7 heteroatoms. The topological polar surface area (TPSA) is 76.4 Å². The number of aryl methyl sites for hydroxylation is 2. The smallest absolute Gasteiger partial charge is 0.191 e. The summed E-state index contributed by atoms with van der Waals surface area (Å²) < 4.78 is 7.67. The van der Waals surface area contributed by atoms with Gasteiger partial charge < -0.3 is 19.9 Å². The van der Waals surface area contributed by atoms with Crippen molar-refractivity contribution >= 4 is 5.96 Å². The molecule has 2 aliphatic rings. The van der Waals surface area contributed by atoms with Crippen LogP contribution < -0.4 is 10.6 Å². The number of fused-ring (bicyclic) bond motifs is 1. The molecular formula is C17H30N6O. The predicted molar refractivity (Wildman–Crippen MR) is 94.1 cm³/mol. The van der Waals surface area contributed by atoms with Crippen molar-refractivity contribution in [1.29, 1.82) is 0 Å². The Balaban J connectivity index is 1.51. The molecule has 2 N–H and O–H groups in total. The SMILES string of the molecule is CCNC(=NCC1CCc2nnc(C)n2C1)NCC1CCOCC1. The molecule has 1 atom stereocenters. The molecule has 0 aromatic carbocycles. The third-order valence-electron chi connectivity index (χ3n) is 4.98. The van der Waals surface area contributed by atoms with Crippen LogP contribution in [0.5, 0.6) is 0 Å². The second kappa shape index (κ2) is 8.46. The number of hydrogen-bond donors (Lipinski definition) is 2. The average Bonchev–Trinajstić information content (AvgIpc) is 2.99. The second-order valence-electron chi connectivity index (χ2n) is 6.84. The summed E-state index contributed by atoms with van der Waals surface area (Å²) in [5.41, 5.74) is 0. The van der Waals surface area contributed by atoms with E-state index in [4.69, 9.17) is 9.73 Å². The fourth-order valence-corrected chi connectivity index (χ4v) is 3.43. The van der Waals surface area contributed by atoms with E-state index in [0.717, 1.165) is 82.7 Å². The van der Waals surface area contributed by atoms with Crippen molar-refractivity contribution in [3.8, 4) is 0 Å². The van der Waals surface area contributed by atoms with Crippen molar-refractivity contribution in [3.05, 3.63) is 11.6 Å².